The second kappa shape index (κ2) is 7.63. The summed E-state index contributed by atoms with van der Waals surface area (Å²) in [7, 11) is 0. The fourth-order valence-corrected chi connectivity index (χ4v) is 1.60. The van der Waals surface area contributed by atoms with Crippen molar-refractivity contribution in [1.82, 2.24) is 0 Å². The first-order chi connectivity index (χ1) is 7.74. The number of ether oxygens (including phenoxy) is 1. The lowest BCUT2D eigenvalue weighted by Gasteiger charge is -2.07. The average molecular weight is 290 g/mol. The van der Waals surface area contributed by atoms with Crippen LogP contribution >= 0.6 is 15.9 Å². The average Bonchev–Trinajstić information content (AvgIpc) is 2.28. The molecular formula is C12H17BrFNO. The molecular weight excluding hydrogens is 273 g/mol. The van der Waals surface area contributed by atoms with E-state index in [0.29, 0.717) is 11.1 Å². The topological polar surface area (TPSA) is 21.3 Å². The molecule has 1 rings (SSSR count). The van der Waals surface area contributed by atoms with E-state index in [4.69, 9.17) is 4.74 Å². The molecule has 0 unspecified atom stereocenters. The van der Waals surface area contributed by atoms with E-state index in [1.54, 1.807) is 12.1 Å². The van der Waals surface area contributed by atoms with Crippen molar-refractivity contribution in [2.45, 2.75) is 19.8 Å². The van der Waals surface area contributed by atoms with Gasteiger partial charge in [-0.1, -0.05) is 13.3 Å². The highest BCUT2D eigenvalue weighted by atomic mass is 79.9. The molecule has 0 saturated carbocycles. The molecule has 4 heteroatoms. The first kappa shape index (κ1) is 13.5. The zero-order valence-corrected chi connectivity index (χ0v) is 11.0. The molecule has 0 heterocycles. The zero-order chi connectivity index (χ0) is 11.8. The Morgan fingerprint density at radius 2 is 2.19 bits per heavy atom. The van der Waals surface area contributed by atoms with Gasteiger partial charge in [0.1, 0.15) is 5.82 Å². The fraction of sp³-hybridized carbons (Fsp3) is 0.500. The molecule has 0 aliphatic heterocycles. The highest BCUT2D eigenvalue weighted by molar-refractivity contribution is 9.10. The van der Waals surface area contributed by atoms with Gasteiger partial charge in [-0.2, -0.15) is 0 Å². The third-order valence-corrected chi connectivity index (χ3v) is 2.75. The van der Waals surface area contributed by atoms with E-state index in [9.17, 15) is 4.39 Å². The molecule has 0 atom stereocenters. The Balaban J connectivity index is 2.19. The summed E-state index contributed by atoms with van der Waals surface area (Å²) >= 11 is 3.14. The molecule has 0 radical (unpaired) electrons. The summed E-state index contributed by atoms with van der Waals surface area (Å²) in [5, 5.41) is 3.17. The minimum Gasteiger partial charge on any atom is -0.383 e. The standard InChI is InChI=1S/C12H17BrFNO/c1-2-3-7-16-8-6-15-10-4-5-12(14)11(13)9-10/h4-5,9,15H,2-3,6-8H2,1H3. The summed E-state index contributed by atoms with van der Waals surface area (Å²) in [5.41, 5.74) is 0.896. The third-order valence-electron chi connectivity index (χ3n) is 2.14. The van der Waals surface area contributed by atoms with Crippen LogP contribution in [-0.4, -0.2) is 19.8 Å². The maximum Gasteiger partial charge on any atom is 0.137 e. The molecule has 16 heavy (non-hydrogen) atoms. The SMILES string of the molecule is CCCCOCCNc1ccc(F)c(Br)c1. The summed E-state index contributed by atoms with van der Waals surface area (Å²) in [6, 6.07) is 4.87. The van der Waals surface area contributed by atoms with Gasteiger partial charge in [0.2, 0.25) is 0 Å². The second-order valence-electron chi connectivity index (χ2n) is 3.52. The minimum atomic E-state index is -0.246. The van der Waals surface area contributed by atoms with Crippen LogP contribution in [-0.2, 0) is 4.74 Å². The van der Waals surface area contributed by atoms with E-state index in [1.165, 1.54) is 6.07 Å². The van der Waals surface area contributed by atoms with Gasteiger partial charge in [0.25, 0.3) is 0 Å². The van der Waals surface area contributed by atoms with Crippen LogP contribution in [0.15, 0.2) is 22.7 Å². The van der Waals surface area contributed by atoms with Gasteiger partial charge in [-0.3, -0.25) is 0 Å². The number of hydrogen-bond acceptors (Lipinski definition) is 2. The summed E-state index contributed by atoms with van der Waals surface area (Å²) in [5.74, 6) is -0.246. The molecule has 1 N–H and O–H groups in total. The lowest BCUT2D eigenvalue weighted by atomic mass is 10.3. The summed E-state index contributed by atoms with van der Waals surface area (Å²) in [6.07, 6.45) is 2.25. The second-order valence-corrected chi connectivity index (χ2v) is 4.38. The van der Waals surface area contributed by atoms with Gasteiger partial charge in [-0.05, 0) is 40.5 Å². The Morgan fingerprint density at radius 1 is 1.38 bits per heavy atom. The maximum absolute atomic E-state index is 12.9. The van der Waals surface area contributed by atoms with Gasteiger partial charge in [0, 0.05) is 18.8 Å². The number of hydrogen-bond donors (Lipinski definition) is 1. The first-order valence-electron chi connectivity index (χ1n) is 5.50. The Morgan fingerprint density at radius 3 is 2.88 bits per heavy atom. The molecule has 0 saturated heterocycles. The van der Waals surface area contributed by atoms with Crippen LogP contribution in [0.1, 0.15) is 19.8 Å². The van der Waals surface area contributed by atoms with Crippen LogP contribution in [0, 0.1) is 5.82 Å². The molecule has 1 aromatic rings. The molecule has 0 bridgehead atoms. The predicted octanol–water partition coefficient (Wildman–Crippen LogP) is 3.82. The Bertz CT molecular complexity index is 320. The van der Waals surface area contributed by atoms with Crippen molar-refractivity contribution in [1.29, 1.82) is 0 Å². The lowest BCUT2D eigenvalue weighted by molar-refractivity contribution is 0.141. The maximum atomic E-state index is 12.9. The van der Waals surface area contributed by atoms with Gasteiger partial charge in [0.15, 0.2) is 0 Å². The van der Waals surface area contributed by atoms with Crippen molar-refractivity contribution >= 4 is 21.6 Å². The van der Waals surface area contributed by atoms with Crippen molar-refractivity contribution in [2.75, 3.05) is 25.1 Å². The van der Waals surface area contributed by atoms with Gasteiger partial charge < -0.3 is 10.1 Å². The van der Waals surface area contributed by atoms with Crippen LogP contribution in [0.2, 0.25) is 0 Å². The van der Waals surface area contributed by atoms with E-state index >= 15 is 0 Å². The lowest BCUT2D eigenvalue weighted by Crippen LogP contribution is -2.09. The van der Waals surface area contributed by atoms with E-state index in [2.05, 4.69) is 28.2 Å². The number of rotatable bonds is 7. The largest absolute Gasteiger partial charge is 0.383 e. The molecule has 0 aliphatic rings. The fourth-order valence-electron chi connectivity index (χ4n) is 1.22. The van der Waals surface area contributed by atoms with E-state index < -0.39 is 0 Å². The molecule has 1 aromatic carbocycles. The number of nitrogens with one attached hydrogen (secondary N) is 1. The Hall–Kier alpha value is -0.610. The number of benzene rings is 1. The minimum absolute atomic E-state index is 0.246. The van der Waals surface area contributed by atoms with Crippen molar-refractivity contribution < 1.29 is 9.13 Å². The van der Waals surface area contributed by atoms with Crippen molar-refractivity contribution in [3.05, 3.63) is 28.5 Å². The molecule has 2 nitrogen and oxygen atoms in total. The molecule has 0 fully saturated rings. The van der Waals surface area contributed by atoms with E-state index in [0.717, 1.165) is 31.7 Å². The normalized spacial score (nSPS) is 10.4. The van der Waals surface area contributed by atoms with E-state index in [-0.39, 0.29) is 5.82 Å². The van der Waals surface area contributed by atoms with Gasteiger partial charge in [-0.25, -0.2) is 4.39 Å². The quantitative estimate of drug-likeness (QED) is 0.771. The predicted molar refractivity (Wildman–Crippen MR) is 68.3 cm³/mol. The third kappa shape index (κ3) is 4.94. The van der Waals surface area contributed by atoms with Gasteiger partial charge in [0.05, 0.1) is 11.1 Å². The van der Waals surface area contributed by atoms with Gasteiger partial charge >= 0.3 is 0 Å². The zero-order valence-electron chi connectivity index (χ0n) is 9.43. The first-order valence-corrected chi connectivity index (χ1v) is 6.30. The number of anilines is 1. The number of halogens is 2. The summed E-state index contributed by atoms with van der Waals surface area (Å²) in [4.78, 5) is 0. The van der Waals surface area contributed by atoms with Crippen molar-refractivity contribution in [3.63, 3.8) is 0 Å². The monoisotopic (exact) mass is 289 g/mol. The van der Waals surface area contributed by atoms with Gasteiger partial charge in [-0.15, -0.1) is 0 Å². The molecule has 0 aliphatic carbocycles. The summed E-state index contributed by atoms with van der Waals surface area (Å²) in [6.45, 7) is 4.36. The van der Waals surface area contributed by atoms with Crippen LogP contribution in [0.5, 0.6) is 0 Å². The highest BCUT2D eigenvalue weighted by Crippen LogP contribution is 2.19. The molecule has 0 amide bonds. The van der Waals surface area contributed by atoms with Crippen LogP contribution in [0.3, 0.4) is 0 Å². The Labute approximate surface area is 104 Å². The van der Waals surface area contributed by atoms with Crippen molar-refractivity contribution in [3.8, 4) is 0 Å². The van der Waals surface area contributed by atoms with Crippen LogP contribution in [0.25, 0.3) is 0 Å². The van der Waals surface area contributed by atoms with Crippen LogP contribution < -0.4 is 5.32 Å². The Kier molecular flexibility index (Phi) is 6.42. The highest BCUT2D eigenvalue weighted by Gasteiger charge is 1.99. The molecule has 90 valence electrons. The number of unbranched alkanes of at least 4 members (excludes halogenated alkanes) is 1. The smallest absolute Gasteiger partial charge is 0.137 e. The summed E-state index contributed by atoms with van der Waals surface area (Å²) < 4.78 is 18.8. The molecule has 0 spiro atoms. The molecule has 0 aromatic heterocycles. The van der Waals surface area contributed by atoms with E-state index in [1.807, 2.05) is 0 Å². The van der Waals surface area contributed by atoms with Crippen LogP contribution in [0.4, 0.5) is 10.1 Å². The van der Waals surface area contributed by atoms with Crippen molar-refractivity contribution in [2.24, 2.45) is 0 Å².